The van der Waals surface area contributed by atoms with Gasteiger partial charge in [0.15, 0.2) is 5.82 Å². The van der Waals surface area contributed by atoms with E-state index in [2.05, 4.69) is 31.5 Å². The van der Waals surface area contributed by atoms with Gasteiger partial charge in [-0.2, -0.15) is 5.10 Å². The van der Waals surface area contributed by atoms with E-state index in [1.54, 1.807) is 59.5 Å². The number of hydrogen-bond donors (Lipinski definition) is 5. The lowest BCUT2D eigenvalue weighted by molar-refractivity contribution is -0.136. The zero-order valence-electron chi connectivity index (χ0n) is 37.4. The number of urea groups is 1. The number of H-pyrrole nitrogens is 1. The molecule has 5 N–H and O–H groups in total. The van der Waals surface area contributed by atoms with Crippen LogP contribution in [0.25, 0.3) is 10.8 Å². The summed E-state index contributed by atoms with van der Waals surface area (Å²) in [6.07, 6.45) is 3.21. The van der Waals surface area contributed by atoms with Gasteiger partial charge < -0.3 is 30.5 Å². The minimum Gasteiger partial charge on any atom is -0.494 e. The van der Waals surface area contributed by atoms with Crippen LogP contribution in [0.15, 0.2) is 84.9 Å². The fourth-order valence-corrected chi connectivity index (χ4v) is 8.88. The number of unbranched alkanes of at least 4 members (excludes halogenated alkanes) is 3. The molecule has 4 aromatic carbocycles. The number of carbonyl (C=O) groups excluding carboxylic acids is 7. The second-order valence-electron chi connectivity index (χ2n) is 17.6. The van der Waals surface area contributed by atoms with E-state index in [1.807, 2.05) is 63.2 Å². The van der Waals surface area contributed by atoms with Crippen molar-refractivity contribution in [3.63, 3.8) is 0 Å². The topological polar surface area (TPSA) is 215 Å². The van der Waals surface area contributed by atoms with E-state index in [9.17, 15) is 33.6 Å². The maximum absolute atomic E-state index is 13.7. The first-order valence-corrected chi connectivity index (χ1v) is 22.2. The maximum Gasteiger partial charge on any atom is 0.319 e. The minimum absolute atomic E-state index is 0.0327. The lowest BCUT2D eigenvalue weighted by Gasteiger charge is -2.34. The highest BCUT2D eigenvalue weighted by molar-refractivity contribution is 6.27. The zero-order valence-corrected chi connectivity index (χ0v) is 37.4. The molecule has 0 radical (unpaired) electrons. The second-order valence-corrected chi connectivity index (χ2v) is 17.6. The molecule has 8 amide bonds. The van der Waals surface area contributed by atoms with E-state index in [1.165, 1.54) is 0 Å². The smallest absolute Gasteiger partial charge is 0.319 e. The highest BCUT2D eigenvalue weighted by Gasteiger charge is 2.45. The summed E-state index contributed by atoms with van der Waals surface area (Å²) in [6, 6.07) is 23.2. The number of nitrogens with zero attached hydrogens (tertiary/aromatic N) is 4. The third kappa shape index (κ3) is 9.24. The molecule has 1 fully saturated rings. The van der Waals surface area contributed by atoms with Gasteiger partial charge in [-0.15, -0.1) is 0 Å². The Kier molecular flexibility index (Phi) is 13.0. The van der Waals surface area contributed by atoms with Crippen LogP contribution in [0.5, 0.6) is 5.75 Å². The number of aromatic amines is 1. The third-order valence-electron chi connectivity index (χ3n) is 12.4. The normalized spacial score (nSPS) is 16.8. The van der Waals surface area contributed by atoms with Gasteiger partial charge >= 0.3 is 6.03 Å². The lowest BCUT2D eigenvalue weighted by atomic mass is 9.91. The van der Waals surface area contributed by atoms with Gasteiger partial charge in [0.1, 0.15) is 11.8 Å². The van der Waals surface area contributed by atoms with Crippen molar-refractivity contribution in [2.24, 2.45) is 0 Å². The fraction of sp³-hybridized carbons (Fsp3) is 0.347. The predicted molar refractivity (Wildman–Crippen MR) is 245 cm³/mol. The van der Waals surface area contributed by atoms with Crippen LogP contribution in [0.1, 0.15) is 117 Å². The number of imide groups is 2. The summed E-state index contributed by atoms with van der Waals surface area (Å²) < 4.78 is 6.04. The van der Waals surface area contributed by atoms with Crippen molar-refractivity contribution in [2.75, 3.05) is 39.1 Å². The molecule has 0 bridgehead atoms. The number of aromatic nitrogens is 2. The molecule has 3 aliphatic heterocycles. The van der Waals surface area contributed by atoms with Crippen molar-refractivity contribution in [1.82, 2.24) is 40.8 Å². The van der Waals surface area contributed by atoms with Crippen LogP contribution in [0.3, 0.4) is 0 Å². The Balaban J connectivity index is 0.776. The van der Waals surface area contributed by atoms with Crippen molar-refractivity contribution in [3.8, 4) is 5.75 Å². The third-order valence-corrected chi connectivity index (χ3v) is 12.4. The molecular formula is C49H53N9O8. The van der Waals surface area contributed by atoms with Crippen LogP contribution >= 0.6 is 0 Å². The number of anilines is 1. The number of fused-ring (bicyclic) bond motifs is 1. The minimum atomic E-state index is -1.08. The number of nitrogens with one attached hydrogen (secondary N) is 5. The van der Waals surface area contributed by atoms with E-state index < -0.39 is 41.1 Å². The SMILES string of the molecule is CN(C)C[C@@H](NC(=O)N1Cc2c(NC(=O)c3ccc(C(=O)NCCCCCCOc4cc5c6c(cccc6c4)C(=O)N(C4CCC(=O)NC4=O)C5=O)cc3)n[nH]c2C1(C)C)c1ccccc1. The molecular weight excluding hydrogens is 843 g/mol. The molecule has 1 unspecified atom stereocenters. The van der Waals surface area contributed by atoms with Gasteiger partial charge in [-0.1, -0.05) is 55.3 Å². The van der Waals surface area contributed by atoms with Crippen LogP contribution in [-0.2, 0) is 21.7 Å². The van der Waals surface area contributed by atoms with E-state index in [4.69, 9.17) is 4.74 Å². The van der Waals surface area contributed by atoms with E-state index in [0.29, 0.717) is 58.7 Å². The van der Waals surface area contributed by atoms with Gasteiger partial charge in [-0.05, 0) is 101 Å². The average Bonchev–Trinajstić information content (AvgIpc) is 3.83. The van der Waals surface area contributed by atoms with Crippen LogP contribution in [-0.4, -0.2) is 106 Å². The largest absolute Gasteiger partial charge is 0.494 e. The van der Waals surface area contributed by atoms with Gasteiger partial charge in [-0.25, -0.2) is 4.79 Å². The second kappa shape index (κ2) is 19.0. The first-order valence-electron chi connectivity index (χ1n) is 22.2. The monoisotopic (exact) mass is 895 g/mol. The Bertz CT molecular complexity index is 2710. The number of piperidine rings is 1. The summed E-state index contributed by atoms with van der Waals surface area (Å²) in [5, 5.41) is 19.8. The van der Waals surface area contributed by atoms with Crippen molar-refractivity contribution in [2.45, 2.75) is 76.5 Å². The molecule has 66 heavy (non-hydrogen) atoms. The highest BCUT2D eigenvalue weighted by atomic mass is 16.5. The van der Waals surface area contributed by atoms with E-state index >= 15 is 0 Å². The molecule has 1 aromatic heterocycles. The summed E-state index contributed by atoms with van der Waals surface area (Å²) in [5.41, 5.74) is 3.08. The molecule has 4 heterocycles. The fourth-order valence-electron chi connectivity index (χ4n) is 8.88. The van der Waals surface area contributed by atoms with Gasteiger partial charge in [0.05, 0.1) is 36.0 Å². The van der Waals surface area contributed by atoms with Crippen LogP contribution in [0.4, 0.5) is 10.6 Å². The van der Waals surface area contributed by atoms with Crippen LogP contribution in [0, 0.1) is 0 Å². The Morgan fingerprint density at radius 1 is 0.864 bits per heavy atom. The number of benzene rings is 4. The summed E-state index contributed by atoms with van der Waals surface area (Å²) in [7, 11) is 3.92. The number of hydrogen-bond acceptors (Lipinski definition) is 10. The molecule has 0 saturated carbocycles. The Labute approximate surface area is 381 Å². The van der Waals surface area contributed by atoms with Crippen molar-refractivity contribution in [1.29, 1.82) is 0 Å². The quantitative estimate of drug-likeness (QED) is 0.0606. The Morgan fingerprint density at radius 3 is 2.30 bits per heavy atom. The molecule has 0 spiro atoms. The summed E-state index contributed by atoms with van der Waals surface area (Å²) >= 11 is 0. The van der Waals surface area contributed by atoms with Gasteiger partial charge in [0.25, 0.3) is 23.6 Å². The standard InChI is InChI=1S/C49H53N9O8/c1-49(2)41-36(27-57(49)48(65)51-37(28-56(3)4)29-13-8-7-9-14-29)42(55-54-41)53-44(61)31-19-17-30(18-20-31)43(60)50-23-10-5-6-11-24-66-33-25-32-15-12-16-34-40(32)35(26-33)47(64)58(46(34)63)38-21-22-39(59)52-45(38)62/h7-9,12-20,25-26,37-38H,5-6,10-11,21-24,27-28H2,1-4H3,(H,50,60)(H,51,65)(H,52,59,62)(H2,53,54,55,61)/t37-,38?/m1/s1. The molecule has 0 aliphatic carbocycles. The summed E-state index contributed by atoms with van der Waals surface area (Å²) in [4.78, 5) is 96.2. The average molecular weight is 896 g/mol. The van der Waals surface area contributed by atoms with Crippen molar-refractivity contribution in [3.05, 3.63) is 124 Å². The van der Waals surface area contributed by atoms with Gasteiger partial charge in [0, 0.05) is 47.2 Å². The highest BCUT2D eigenvalue weighted by Crippen LogP contribution is 2.41. The van der Waals surface area contributed by atoms with Gasteiger partial charge in [-0.3, -0.25) is 44.1 Å². The number of carbonyl (C=O) groups is 7. The van der Waals surface area contributed by atoms with E-state index in [-0.39, 0.29) is 42.9 Å². The van der Waals surface area contributed by atoms with Crippen molar-refractivity contribution < 1.29 is 38.3 Å². The molecule has 3 aliphatic rings. The number of amides is 8. The van der Waals surface area contributed by atoms with E-state index in [0.717, 1.165) is 47.4 Å². The van der Waals surface area contributed by atoms with Crippen LogP contribution < -0.4 is 26.0 Å². The molecule has 8 rings (SSSR count). The zero-order chi connectivity index (χ0) is 46.7. The first kappa shape index (κ1) is 45.2. The molecule has 342 valence electrons. The number of likely N-dealkylation sites (N-methyl/N-ethyl adjacent to an activating group) is 1. The summed E-state index contributed by atoms with van der Waals surface area (Å²) in [6.45, 7) is 5.57. The lowest BCUT2D eigenvalue weighted by Crippen LogP contribution is -2.57. The molecule has 17 heteroatoms. The first-order chi connectivity index (χ1) is 31.7. The maximum atomic E-state index is 13.7. The number of ether oxygens (including phenoxy) is 1. The molecule has 1 saturated heterocycles. The molecule has 17 nitrogen and oxygen atoms in total. The Morgan fingerprint density at radius 2 is 1.58 bits per heavy atom. The number of rotatable bonds is 16. The van der Waals surface area contributed by atoms with Crippen molar-refractivity contribution >= 4 is 58.1 Å². The molecule has 5 aromatic rings. The predicted octanol–water partition coefficient (Wildman–Crippen LogP) is 5.65. The summed E-state index contributed by atoms with van der Waals surface area (Å²) in [5.74, 6) is -2.13. The molecule has 2 atom stereocenters. The van der Waals surface area contributed by atoms with Crippen LogP contribution in [0.2, 0.25) is 0 Å². The Hall–Kier alpha value is -7.40. The van der Waals surface area contributed by atoms with Gasteiger partial charge in [0.2, 0.25) is 11.8 Å².